The van der Waals surface area contributed by atoms with Crippen LogP contribution in [0.1, 0.15) is 29.6 Å². The number of rotatable bonds is 6. The van der Waals surface area contributed by atoms with Gasteiger partial charge in [-0.05, 0) is 36.8 Å². The quantitative estimate of drug-likeness (QED) is 0.680. The molecule has 1 aromatic carbocycles. The van der Waals surface area contributed by atoms with Crippen LogP contribution in [0.2, 0.25) is 0 Å². The average molecular weight is 347 g/mol. The monoisotopic (exact) mass is 347 g/mol. The van der Waals surface area contributed by atoms with Crippen molar-refractivity contribution in [2.75, 3.05) is 6.54 Å². The van der Waals surface area contributed by atoms with E-state index >= 15 is 0 Å². The fraction of sp³-hybridized carbons (Fsp3) is 0.235. The highest BCUT2D eigenvalue weighted by Crippen LogP contribution is 2.19. The Morgan fingerprint density at radius 2 is 2.04 bits per heavy atom. The molecule has 0 spiro atoms. The third-order valence-corrected chi connectivity index (χ3v) is 3.47. The Morgan fingerprint density at radius 3 is 2.72 bits per heavy atom. The normalized spacial score (nSPS) is 10.8. The van der Waals surface area contributed by atoms with Crippen molar-refractivity contribution in [3.63, 3.8) is 0 Å². The van der Waals surface area contributed by atoms with Crippen LogP contribution in [0.4, 0.5) is 8.78 Å². The Morgan fingerprint density at radius 1 is 1.20 bits per heavy atom. The molecule has 2 heterocycles. The zero-order chi connectivity index (χ0) is 17.8. The molecule has 8 heteroatoms. The largest absolute Gasteiger partial charge is 0.459 e. The Labute approximate surface area is 142 Å². The maximum absolute atomic E-state index is 13.4. The molecule has 0 saturated heterocycles. The number of carbonyl (C=O) groups excluding carboxylic acids is 1. The van der Waals surface area contributed by atoms with Crippen LogP contribution in [-0.2, 0) is 6.54 Å². The molecule has 130 valence electrons. The van der Waals surface area contributed by atoms with Crippen LogP contribution in [0.5, 0.6) is 0 Å². The highest BCUT2D eigenvalue weighted by molar-refractivity contribution is 5.94. The summed E-state index contributed by atoms with van der Waals surface area (Å²) in [6.07, 6.45) is 2.16. The van der Waals surface area contributed by atoms with Crippen molar-refractivity contribution in [2.24, 2.45) is 0 Å². The van der Waals surface area contributed by atoms with Gasteiger partial charge < -0.3 is 13.7 Å². The molecule has 0 saturated carbocycles. The number of benzene rings is 1. The van der Waals surface area contributed by atoms with Crippen molar-refractivity contribution in [3.05, 3.63) is 59.7 Å². The lowest BCUT2D eigenvalue weighted by molar-refractivity contribution is 0.0728. The van der Waals surface area contributed by atoms with E-state index in [4.69, 9.17) is 8.83 Å². The molecule has 3 rings (SSSR count). The molecular weight excluding hydrogens is 332 g/mol. The molecule has 0 aliphatic rings. The minimum atomic E-state index is -1.07. The molecule has 0 aliphatic carbocycles. The standard InChI is InChI=1S/C17H15F2N3O3/c1-2-7-22(17(23)11-5-6-12(18)13(19)9-11)10-15-20-21-16(25-15)14-4-3-8-24-14/h3-6,8-9H,2,7,10H2,1H3. The number of hydrogen-bond acceptors (Lipinski definition) is 5. The van der Waals surface area contributed by atoms with E-state index in [9.17, 15) is 13.6 Å². The predicted molar refractivity (Wildman–Crippen MR) is 83.4 cm³/mol. The molecule has 0 atom stereocenters. The fourth-order valence-corrected chi connectivity index (χ4v) is 2.31. The van der Waals surface area contributed by atoms with E-state index in [1.807, 2.05) is 6.92 Å². The van der Waals surface area contributed by atoms with E-state index in [-0.39, 0.29) is 23.9 Å². The van der Waals surface area contributed by atoms with Crippen LogP contribution < -0.4 is 0 Å². The molecule has 25 heavy (non-hydrogen) atoms. The Bertz CT molecular complexity index is 862. The molecule has 3 aromatic rings. The van der Waals surface area contributed by atoms with Gasteiger partial charge in [-0.25, -0.2) is 8.78 Å². The summed E-state index contributed by atoms with van der Waals surface area (Å²) < 4.78 is 37.1. The molecule has 0 N–H and O–H groups in total. The lowest BCUT2D eigenvalue weighted by Crippen LogP contribution is -2.31. The van der Waals surface area contributed by atoms with E-state index in [1.165, 1.54) is 17.2 Å². The van der Waals surface area contributed by atoms with Crippen LogP contribution >= 0.6 is 0 Å². The van der Waals surface area contributed by atoms with E-state index in [0.29, 0.717) is 18.7 Å². The fourth-order valence-electron chi connectivity index (χ4n) is 2.31. The average Bonchev–Trinajstić information content (AvgIpc) is 3.27. The lowest BCUT2D eigenvalue weighted by Gasteiger charge is -2.20. The minimum Gasteiger partial charge on any atom is -0.459 e. The number of furan rings is 1. The van der Waals surface area contributed by atoms with Gasteiger partial charge in [0.15, 0.2) is 17.4 Å². The topological polar surface area (TPSA) is 72.4 Å². The highest BCUT2D eigenvalue weighted by Gasteiger charge is 2.20. The number of carbonyl (C=O) groups is 1. The molecule has 0 aliphatic heterocycles. The second-order valence-electron chi connectivity index (χ2n) is 5.33. The molecule has 0 fully saturated rings. The van der Waals surface area contributed by atoms with Crippen molar-refractivity contribution in [1.82, 2.24) is 15.1 Å². The summed E-state index contributed by atoms with van der Waals surface area (Å²) in [6.45, 7) is 2.35. The summed E-state index contributed by atoms with van der Waals surface area (Å²) in [5.41, 5.74) is 0.0538. The van der Waals surface area contributed by atoms with Gasteiger partial charge in [0.05, 0.1) is 12.8 Å². The van der Waals surface area contributed by atoms with Gasteiger partial charge in [-0.3, -0.25) is 4.79 Å². The van der Waals surface area contributed by atoms with E-state index in [2.05, 4.69) is 10.2 Å². The second-order valence-corrected chi connectivity index (χ2v) is 5.33. The van der Waals surface area contributed by atoms with Crippen LogP contribution in [0, 0.1) is 11.6 Å². The van der Waals surface area contributed by atoms with E-state index in [1.54, 1.807) is 12.1 Å². The van der Waals surface area contributed by atoms with Gasteiger partial charge >= 0.3 is 0 Å². The van der Waals surface area contributed by atoms with Gasteiger partial charge in [0.2, 0.25) is 5.89 Å². The van der Waals surface area contributed by atoms with Crippen molar-refractivity contribution >= 4 is 5.91 Å². The van der Waals surface area contributed by atoms with Gasteiger partial charge in [-0.1, -0.05) is 6.92 Å². The van der Waals surface area contributed by atoms with Crippen LogP contribution in [0.15, 0.2) is 45.4 Å². The Balaban J connectivity index is 1.79. The summed E-state index contributed by atoms with van der Waals surface area (Å²) in [5.74, 6) is -1.67. The first-order chi connectivity index (χ1) is 12.1. The van der Waals surface area contributed by atoms with Crippen LogP contribution in [0.25, 0.3) is 11.7 Å². The molecular formula is C17H15F2N3O3. The molecule has 2 aromatic heterocycles. The van der Waals surface area contributed by atoms with Crippen molar-refractivity contribution in [1.29, 1.82) is 0 Å². The summed E-state index contributed by atoms with van der Waals surface area (Å²) >= 11 is 0. The maximum Gasteiger partial charge on any atom is 0.283 e. The van der Waals surface area contributed by atoms with Crippen LogP contribution in [-0.4, -0.2) is 27.5 Å². The first kappa shape index (κ1) is 16.8. The smallest absolute Gasteiger partial charge is 0.283 e. The number of halogens is 2. The first-order valence-corrected chi connectivity index (χ1v) is 7.69. The number of amides is 1. The van der Waals surface area contributed by atoms with Gasteiger partial charge in [0.1, 0.15) is 0 Å². The van der Waals surface area contributed by atoms with Gasteiger partial charge in [0.25, 0.3) is 11.8 Å². The van der Waals surface area contributed by atoms with Gasteiger partial charge in [0, 0.05) is 12.1 Å². The molecule has 0 unspecified atom stereocenters. The van der Waals surface area contributed by atoms with Crippen LogP contribution in [0.3, 0.4) is 0 Å². The third kappa shape index (κ3) is 3.73. The third-order valence-electron chi connectivity index (χ3n) is 3.47. The maximum atomic E-state index is 13.4. The minimum absolute atomic E-state index is 0.0538. The van der Waals surface area contributed by atoms with Crippen molar-refractivity contribution in [3.8, 4) is 11.7 Å². The van der Waals surface area contributed by atoms with E-state index < -0.39 is 17.5 Å². The summed E-state index contributed by atoms with van der Waals surface area (Å²) in [5, 5.41) is 7.77. The lowest BCUT2D eigenvalue weighted by atomic mass is 10.2. The number of nitrogens with zero attached hydrogens (tertiary/aromatic N) is 3. The predicted octanol–water partition coefficient (Wildman–Crippen LogP) is 3.66. The van der Waals surface area contributed by atoms with Crippen molar-refractivity contribution < 1.29 is 22.4 Å². The first-order valence-electron chi connectivity index (χ1n) is 7.69. The number of aromatic nitrogens is 2. The van der Waals surface area contributed by atoms with E-state index in [0.717, 1.165) is 12.1 Å². The Hall–Kier alpha value is -3.03. The van der Waals surface area contributed by atoms with Crippen molar-refractivity contribution in [2.45, 2.75) is 19.9 Å². The summed E-state index contributed by atoms with van der Waals surface area (Å²) in [6, 6.07) is 6.41. The van der Waals surface area contributed by atoms with Gasteiger partial charge in [-0.15, -0.1) is 10.2 Å². The SMILES string of the molecule is CCCN(Cc1nnc(-c2ccco2)o1)C(=O)c1ccc(F)c(F)c1. The molecule has 0 bridgehead atoms. The van der Waals surface area contributed by atoms with Gasteiger partial charge in [-0.2, -0.15) is 0 Å². The molecule has 6 nitrogen and oxygen atoms in total. The zero-order valence-corrected chi connectivity index (χ0v) is 13.4. The summed E-state index contributed by atoms with van der Waals surface area (Å²) in [4.78, 5) is 14.0. The highest BCUT2D eigenvalue weighted by atomic mass is 19.2. The molecule has 0 radical (unpaired) electrons. The number of hydrogen-bond donors (Lipinski definition) is 0. The summed E-state index contributed by atoms with van der Waals surface area (Å²) in [7, 11) is 0. The Kier molecular flexibility index (Phi) is 4.87. The zero-order valence-electron chi connectivity index (χ0n) is 13.4. The second kappa shape index (κ2) is 7.25. The molecule has 1 amide bonds.